The Bertz CT molecular complexity index is 305. The van der Waals surface area contributed by atoms with Gasteiger partial charge in [-0.15, -0.1) is 0 Å². The first-order valence-electron chi connectivity index (χ1n) is 3.68. The molecule has 63 valence electrons. The summed E-state index contributed by atoms with van der Waals surface area (Å²) >= 11 is 0. The van der Waals surface area contributed by atoms with Crippen LogP contribution < -0.4 is 0 Å². The maximum atomic E-state index is 10.9. The highest BCUT2D eigenvalue weighted by molar-refractivity contribution is 5.90. The van der Waals surface area contributed by atoms with Gasteiger partial charge in [-0.05, 0) is 24.1 Å². The molecular weight excluding hydrogens is 156 g/mol. The van der Waals surface area contributed by atoms with Gasteiger partial charge in [0.05, 0.1) is 0 Å². The number of rotatable bonds is 2. The molecule has 0 atom stereocenters. The first-order valence-corrected chi connectivity index (χ1v) is 3.68. The molecule has 0 fully saturated rings. The highest BCUT2D eigenvalue weighted by Gasteiger charge is 2.10. The summed E-state index contributed by atoms with van der Waals surface area (Å²) in [4.78, 5) is 10.5. The molecule has 1 radical (unpaired) electrons. The van der Waals surface area contributed by atoms with Crippen molar-refractivity contribution in [3.05, 3.63) is 29.3 Å². The molecule has 1 aromatic carbocycles. The Balaban J connectivity index is 3.17. The Morgan fingerprint density at radius 1 is 1.50 bits per heavy atom. The molecule has 0 saturated heterocycles. The predicted octanol–water partition coefficient (Wildman–Crippen LogP) is 2.09. The van der Waals surface area contributed by atoms with Gasteiger partial charge in [-0.1, -0.05) is 13.0 Å². The van der Waals surface area contributed by atoms with Crippen LogP contribution in [0.25, 0.3) is 0 Å². The highest BCUT2D eigenvalue weighted by Crippen LogP contribution is 2.19. The molecule has 0 aliphatic heterocycles. The number of aromatic carboxylic acids is 1. The smallest absolute Gasteiger partial charge is 0.339 e. The largest absolute Gasteiger partial charge is 0.478 e. The van der Waals surface area contributed by atoms with Crippen molar-refractivity contribution in [2.24, 2.45) is 0 Å². The number of carboxylic acids is 1. The third kappa shape index (κ3) is 1.56. The van der Waals surface area contributed by atoms with Gasteiger partial charge in [0, 0.05) is 0 Å². The Morgan fingerprint density at radius 2 is 2.17 bits per heavy atom. The first-order chi connectivity index (χ1) is 5.65. The summed E-state index contributed by atoms with van der Waals surface area (Å²) < 4.78 is 0. The quantitative estimate of drug-likeness (QED) is 0.729. The monoisotopic (exact) mass is 165 g/mol. The van der Waals surface area contributed by atoms with E-state index in [2.05, 4.69) is 0 Å². The van der Waals surface area contributed by atoms with Crippen molar-refractivity contribution in [2.75, 3.05) is 0 Å². The standard InChI is InChI=1S/C9H9O3/c1-2-6-3-4-8(10)7(5-6)9(11)12/h3-5H,2H2,1H3,(H,11,12). The van der Waals surface area contributed by atoms with E-state index < -0.39 is 11.7 Å². The van der Waals surface area contributed by atoms with Gasteiger partial charge in [-0.25, -0.2) is 4.79 Å². The zero-order valence-corrected chi connectivity index (χ0v) is 6.70. The molecule has 1 rings (SSSR count). The fraction of sp³-hybridized carbons (Fsp3) is 0.222. The summed E-state index contributed by atoms with van der Waals surface area (Å²) in [5, 5.41) is 19.5. The highest BCUT2D eigenvalue weighted by atomic mass is 16.4. The van der Waals surface area contributed by atoms with Crippen LogP contribution in [0.2, 0.25) is 0 Å². The Kier molecular flexibility index (Phi) is 2.33. The molecule has 0 spiro atoms. The zero-order chi connectivity index (χ0) is 9.14. The van der Waals surface area contributed by atoms with Crippen LogP contribution in [-0.2, 0) is 11.5 Å². The topological polar surface area (TPSA) is 57.2 Å². The number of carbonyl (C=O) groups is 1. The lowest BCUT2D eigenvalue weighted by Gasteiger charge is -1.99. The van der Waals surface area contributed by atoms with Crippen LogP contribution in [0.5, 0.6) is 5.75 Å². The van der Waals surface area contributed by atoms with Crippen LogP contribution in [0.15, 0.2) is 18.2 Å². The Morgan fingerprint density at radius 3 is 2.67 bits per heavy atom. The molecule has 0 aromatic heterocycles. The van der Waals surface area contributed by atoms with E-state index in [0.29, 0.717) is 0 Å². The minimum Gasteiger partial charge on any atom is -0.478 e. The normalized spacial score (nSPS) is 9.75. The molecule has 0 bridgehead atoms. The Labute approximate surface area is 70.3 Å². The predicted molar refractivity (Wildman–Crippen MR) is 42.9 cm³/mol. The van der Waals surface area contributed by atoms with Gasteiger partial charge in [-0.2, -0.15) is 0 Å². The van der Waals surface area contributed by atoms with Crippen molar-refractivity contribution in [3.63, 3.8) is 0 Å². The molecule has 0 unspecified atom stereocenters. The van der Waals surface area contributed by atoms with Gasteiger partial charge in [0.25, 0.3) is 0 Å². The molecule has 1 aromatic rings. The maximum absolute atomic E-state index is 10.9. The molecular formula is C9H9O3. The molecule has 0 saturated carbocycles. The van der Waals surface area contributed by atoms with Crippen LogP contribution in [-0.4, -0.2) is 11.1 Å². The van der Waals surface area contributed by atoms with E-state index in [1.165, 1.54) is 12.1 Å². The number of aryl methyl sites for hydroxylation is 1. The number of hydrogen-bond donors (Lipinski definition) is 1. The van der Waals surface area contributed by atoms with Crippen LogP contribution in [0.4, 0.5) is 0 Å². The molecule has 3 nitrogen and oxygen atoms in total. The van der Waals surface area contributed by atoms with Gasteiger partial charge in [0.15, 0.2) is 5.75 Å². The molecule has 0 aliphatic carbocycles. The van der Waals surface area contributed by atoms with E-state index in [1.807, 2.05) is 6.92 Å². The van der Waals surface area contributed by atoms with Gasteiger partial charge in [0.1, 0.15) is 5.56 Å². The molecule has 1 N–H and O–H groups in total. The third-order valence-electron chi connectivity index (χ3n) is 1.68. The Hall–Kier alpha value is -1.51. The second-order valence-electron chi connectivity index (χ2n) is 2.49. The maximum Gasteiger partial charge on any atom is 0.339 e. The second-order valence-corrected chi connectivity index (χ2v) is 2.49. The summed E-state index contributed by atoms with van der Waals surface area (Å²) in [7, 11) is 0. The SMILES string of the molecule is CCc1ccc([O])c(C(=O)O)c1. The average Bonchev–Trinajstić information content (AvgIpc) is 2.05. The van der Waals surface area contributed by atoms with E-state index >= 15 is 0 Å². The second kappa shape index (κ2) is 3.26. The summed E-state index contributed by atoms with van der Waals surface area (Å²) in [5.41, 5.74) is 0.723. The number of carboxylic acid groups (broad SMARTS) is 1. The molecule has 3 heteroatoms. The van der Waals surface area contributed by atoms with E-state index in [1.54, 1.807) is 6.07 Å². The van der Waals surface area contributed by atoms with Gasteiger partial charge >= 0.3 is 5.97 Å². The number of benzene rings is 1. The van der Waals surface area contributed by atoms with Crippen LogP contribution in [0.1, 0.15) is 22.8 Å². The van der Waals surface area contributed by atoms with E-state index in [-0.39, 0.29) is 5.56 Å². The van der Waals surface area contributed by atoms with Crippen LogP contribution >= 0.6 is 0 Å². The molecule has 12 heavy (non-hydrogen) atoms. The van der Waals surface area contributed by atoms with Gasteiger partial charge in [-0.3, -0.25) is 5.11 Å². The van der Waals surface area contributed by atoms with Gasteiger partial charge < -0.3 is 5.11 Å². The van der Waals surface area contributed by atoms with Crippen LogP contribution in [0, 0.1) is 0 Å². The summed E-state index contributed by atoms with van der Waals surface area (Å²) in [6, 6.07) is 4.36. The lowest BCUT2D eigenvalue weighted by molar-refractivity contribution is 0.0691. The summed E-state index contributed by atoms with van der Waals surface area (Å²) in [6.07, 6.45) is 0.737. The van der Waals surface area contributed by atoms with Crippen molar-refractivity contribution in [2.45, 2.75) is 13.3 Å². The van der Waals surface area contributed by atoms with E-state index in [0.717, 1.165) is 12.0 Å². The van der Waals surface area contributed by atoms with Crippen molar-refractivity contribution in [1.29, 1.82) is 0 Å². The van der Waals surface area contributed by atoms with Crippen molar-refractivity contribution >= 4 is 5.97 Å². The van der Waals surface area contributed by atoms with Crippen molar-refractivity contribution < 1.29 is 15.0 Å². The average molecular weight is 165 g/mol. The van der Waals surface area contributed by atoms with Crippen molar-refractivity contribution in [3.8, 4) is 5.75 Å². The van der Waals surface area contributed by atoms with Crippen molar-refractivity contribution in [1.82, 2.24) is 0 Å². The minimum atomic E-state index is -1.16. The minimum absolute atomic E-state index is 0.144. The summed E-state index contributed by atoms with van der Waals surface area (Å²) in [6.45, 7) is 1.91. The fourth-order valence-electron chi connectivity index (χ4n) is 0.964. The number of hydrogen-bond acceptors (Lipinski definition) is 1. The molecule has 0 aliphatic rings. The summed E-state index contributed by atoms with van der Waals surface area (Å²) in [5.74, 6) is -1.59. The first kappa shape index (κ1) is 8.59. The van der Waals surface area contributed by atoms with Crippen LogP contribution in [0.3, 0.4) is 0 Å². The lowest BCUT2D eigenvalue weighted by Crippen LogP contribution is -1.97. The molecule has 0 amide bonds. The van der Waals surface area contributed by atoms with E-state index in [4.69, 9.17) is 5.11 Å². The fourth-order valence-corrected chi connectivity index (χ4v) is 0.964. The molecule has 0 heterocycles. The zero-order valence-electron chi connectivity index (χ0n) is 6.70. The van der Waals surface area contributed by atoms with Gasteiger partial charge in [0.2, 0.25) is 0 Å². The lowest BCUT2D eigenvalue weighted by atomic mass is 10.1. The third-order valence-corrected chi connectivity index (χ3v) is 1.68. The van der Waals surface area contributed by atoms with E-state index in [9.17, 15) is 9.90 Å².